The van der Waals surface area contributed by atoms with Gasteiger partial charge in [-0.15, -0.1) is 0 Å². The molecule has 0 aliphatic carbocycles. The minimum atomic E-state index is 0.438. The third kappa shape index (κ3) is 1.92. The molecule has 0 unspecified atom stereocenters. The molecule has 0 spiro atoms. The molecule has 0 aliphatic heterocycles. The zero-order valence-electron chi connectivity index (χ0n) is 9.71. The van der Waals surface area contributed by atoms with E-state index in [2.05, 4.69) is 20.4 Å². The number of nitrogens with two attached hydrogens (primary N) is 1. The minimum Gasteiger partial charge on any atom is -0.490 e. The van der Waals surface area contributed by atoms with Gasteiger partial charge in [-0.3, -0.25) is 4.57 Å². The van der Waals surface area contributed by atoms with E-state index in [9.17, 15) is 0 Å². The lowest BCUT2D eigenvalue weighted by Gasteiger charge is -2.12. The van der Waals surface area contributed by atoms with Gasteiger partial charge < -0.3 is 10.2 Å². The Kier molecular flexibility index (Phi) is 3.20. The maximum absolute atomic E-state index is 5.37. The number of hydrogen-bond donors (Lipinski definition) is 2. The zero-order chi connectivity index (χ0) is 12.3. The smallest absolute Gasteiger partial charge is 0.206 e. The SMILES string of the molecule is CCc1nccn1-c1ncnc(NN)c1OC. The van der Waals surface area contributed by atoms with Crippen LogP contribution < -0.4 is 16.0 Å². The summed E-state index contributed by atoms with van der Waals surface area (Å²) in [7, 11) is 1.55. The molecule has 17 heavy (non-hydrogen) atoms. The Morgan fingerprint density at radius 3 is 2.88 bits per heavy atom. The number of hydrogen-bond acceptors (Lipinski definition) is 6. The maximum Gasteiger partial charge on any atom is 0.206 e. The third-order valence-electron chi connectivity index (χ3n) is 2.39. The number of aromatic nitrogens is 4. The van der Waals surface area contributed by atoms with E-state index in [1.807, 2.05) is 17.7 Å². The van der Waals surface area contributed by atoms with Crippen LogP contribution >= 0.6 is 0 Å². The highest BCUT2D eigenvalue weighted by Crippen LogP contribution is 2.27. The van der Waals surface area contributed by atoms with Gasteiger partial charge in [0.25, 0.3) is 0 Å². The molecular weight excluding hydrogens is 220 g/mol. The maximum atomic E-state index is 5.37. The fourth-order valence-electron chi connectivity index (χ4n) is 1.62. The van der Waals surface area contributed by atoms with E-state index in [4.69, 9.17) is 10.6 Å². The van der Waals surface area contributed by atoms with Gasteiger partial charge in [-0.05, 0) is 0 Å². The Hall–Kier alpha value is -2.15. The Labute approximate surface area is 98.6 Å². The van der Waals surface area contributed by atoms with Crippen LogP contribution in [0.4, 0.5) is 5.82 Å². The summed E-state index contributed by atoms with van der Waals surface area (Å²) in [5.41, 5.74) is 2.48. The van der Waals surface area contributed by atoms with E-state index in [-0.39, 0.29) is 0 Å². The number of aryl methyl sites for hydroxylation is 1. The fraction of sp³-hybridized carbons (Fsp3) is 0.300. The van der Waals surface area contributed by atoms with E-state index >= 15 is 0 Å². The second-order valence-electron chi connectivity index (χ2n) is 3.29. The first kappa shape index (κ1) is 11.3. The van der Waals surface area contributed by atoms with Gasteiger partial charge >= 0.3 is 0 Å². The van der Waals surface area contributed by atoms with Crippen LogP contribution in [-0.2, 0) is 6.42 Å². The van der Waals surface area contributed by atoms with Gasteiger partial charge in [0.1, 0.15) is 12.2 Å². The molecule has 7 heteroatoms. The molecule has 2 rings (SSSR count). The molecule has 0 aromatic carbocycles. The molecule has 0 saturated heterocycles. The van der Waals surface area contributed by atoms with Gasteiger partial charge in [0.05, 0.1) is 7.11 Å². The van der Waals surface area contributed by atoms with Crippen molar-refractivity contribution in [1.29, 1.82) is 0 Å². The van der Waals surface area contributed by atoms with Gasteiger partial charge in [0.2, 0.25) is 5.75 Å². The Morgan fingerprint density at radius 1 is 1.41 bits per heavy atom. The van der Waals surface area contributed by atoms with Gasteiger partial charge in [-0.25, -0.2) is 20.8 Å². The topological polar surface area (TPSA) is 90.9 Å². The summed E-state index contributed by atoms with van der Waals surface area (Å²) >= 11 is 0. The van der Waals surface area contributed by atoms with Crippen LogP contribution in [0.15, 0.2) is 18.7 Å². The fourth-order valence-corrected chi connectivity index (χ4v) is 1.62. The van der Waals surface area contributed by atoms with Crippen LogP contribution in [-0.4, -0.2) is 26.6 Å². The van der Waals surface area contributed by atoms with Crippen molar-refractivity contribution in [3.05, 3.63) is 24.5 Å². The lowest BCUT2D eigenvalue weighted by Crippen LogP contribution is -2.13. The molecule has 2 heterocycles. The number of anilines is 1. The number of nitrogens with one attached hydrogen (secondary N) is 1. The molecule has 0 aliphatic rings. The summed E-state index contributed by atoms with van der Waals surface area (Å²) in [5, 5.41) is 0. The molecule has 90 valence electrons. The normalized spacial score (nSPS) is 10.3. The molecule has 0 fully saturated rings. The number of rotatable bonds is 4. The molecule has 7 nitrogen and oxygen atoms in total. The summed E-state index contributed by atoms with van der Waals surface area (Å²) in [5.74, 6) is 7.81. The lowest BCUT2D eigenvalue weighted by atomic mass is 10.4. The van der Waals surface area contributed by atoms with Gasteiger partial charge in [-0.2, -0.15) is 0 Å². The average Bonchev–Trinajstić information content (AvgIpc) is 2.85. The van der Waals surface area contributed by atoms with Crippen LogP contribution in [0, 0.1) is 0 Å². The highest BCUT2D eigenvalue weighted by atomic mass is 16.5. The van der Waals surface area contributed by atoms with Gasteiger partial charge in [0, 0.05) is 18.8 Å². The van der Waals surface area contributed by atoms with Crippen LogP contribution in [0.2, 0.25) is 0 Å². The molecule has 0 saturated carbocycles. The number of methoxy groups -OCH3 is 1. The van der Waals surface area contributed by atoms with Crippen molar-refractivity contribution in [3.8, 4) is 11.6 Å². The van der Waals surface area contributed by atoms with Crippen molar-refractivity contribution < 1.29 is 4.74 Å². The van der Waals surface area contributed by atoms with E-state index in [0.29, 0.717) is 17.4 Å². The minimum absolute atomic E-state index is 0.438. The highest BCUT2D eigenvalue weighted by Gasteiger charge is 2.14. The average molecular weight is 234 g/mol. The summed E-state index contributed by atoms with van der Waals surface area (Å²) in [6.45, 7) is 2.02. The monoisotopic (exact) mass is 234 g/mol. The van der Waals surface area contributed by atoms with Crippen LogP contribution in [0.25, 0.3) is 5.82 Å². The Balaban J connectivity index is 2.59. The summed E-state index contributed by atoms with van der Waals surface area (Å²) in [6.07, 6.45) is 5.76. The lowest BCUT2D eigenvalue weighted by molar-refractivity contribution is 0.410. The zero-order valence-corrected chi connectivity index (χ0v) is 9.71. The van der Waals surface area contributed by atoms with Crippen LogP contribution in [0.5, 0.6) is 5.75 Å². The molecule has 2 aromatic rings. The Bertz CT molecular complexity index is 509. The van der Waals surface area contributed by atoms with Crippen molar-refractivity contribution in [1.82, 2.24) is 19.5 Å². The van der Waals surface area contributed by atoms with Gasteiger partial charge in [-0.1, -0.05) is 6.92 Å². The van der Waals surface area contributed by atoms with Crippen LogP contribution in [0.3, 0.4) is 0 Å². The number of nitrogen functional groups attached to an aromatic ring is 1. The molecule has 3 N–H and O–H groups in total. The summed E-state index contributed by atoms with van der Waals surface area (Å²) in [4.78, 5) is 12.4. The highest BCUT2D eigenvalue weighted by molar-refractivity contribution is 5.57. The van der Waals surface area contributed by atoms with Crippen LogP contribution in [0.1, 0.15) is 12.7 Å². The number of imidazole rings is 1. The van der Waals surface area contributed by atoms with Gasteiger partial charge in [0.15, 0.2) is 11.6 Å². The van der Waals surface area contributed by atoms with E-state index < -0.39 is 0 Å². The molecule has 0 amide bonds. The Morgan fingerprint density at radius 2 is 2.24 bits per heavy atom. The number of nitrogens with zero attached hydrogens (tertiary/aromatic N) is 4. The molecule has 0 radical (unpaired) electrons. The van der Waals surface area contributed by atoms with Crippen molar-refractivity contribution in [2.45, 2.75) is 13.3 Å². The van der Waals surface area contributed by atoms with E-state index in [1.165, 1.54) is 6.33 Å². The predicted octanol–water partition coefficient (Wildman–Crippen LogP) is 0.519. The molecule has 0 bridgehead atoms. The molecule has 2 aromatic heterocycles. The standard InChI is InChI=1S/C10H14N6O/c1-3-7-12-4-5-16(7)10-8(17-2)9(15-11)13-6-14-10/h4-6H,3,11H2,1-2H3,(H,13,14,15). The number of hydrazine groups is 1. The summed E-state index contributed by atoms with van der Waals surface area (Å²) < 4.78 is 7.12. The van der Waals surface area contributed by atoms with E-state index in [1.54, 1.807) is 13.3 Å². The molecule has 0 atom stereocenters. The van der Waals surface area contributed by atoms with Crippen molar-refractivity contribution in [2.24, 2.45) is 5.84 Å². The predicted molar refractivity (Wildman–Crippen MR) is 62.9 cm³/mol. The van der Waals surface area contributed by atoms with Crippen molar-refractivity contribution in [3.63, 3.8) is 0 Å². The first-order chi connectivity index (χ1) is 8.31. The van der Waals surface area contributed by atoms with Crippen molar-refractivity contribution in [2.75, 3.05) is 12.5 Å². The largest absolute Gasteiger partial charge is 0.490 e. The first-order valence-electron chi connectivity index (χ1n) is 5.20. The second-order valence-corrected chi connectivity index (χ2v) is 3.29. The number of ether oxygens (including phenoxy) is 1. The first-order valence-corrected chi connectivity index (χ1v) is 5.20. The molecular formula is C10H14N6O. The second kappa shape index (κ2) is 4.79. The summed E-state index contributed by atoms with van der Waals surface area (Å²) in [6, 6.07) is 0. The third-order valence-corrected chi connectivity index (χ3v) is 2.39. The van der Waals surface area contributed by atoms with Crippen molar-refractivity contribution >= 4 is 5.82 Å². The quantitative estimate of drug-likeness (QED) is 0.592. The van der Waals surface area contributed by atoms with E-state index in [0.717, 1.165) is 12.2 Å².